The highest BCUT2D eigenvalue weighted by atomic mass is 16.7. The van der Waals surface area contributed by atoms with Crippen LogP contribution in [0.3, 0.4) is 0 Å². The van der Waals surface area contributed by atoms with E-state index < -0.39 is 0 Å². The van der Waals surface area contributed by atoms with E-state index in [2.05, 4.69) is 5.32 Å². The summed E-state index contributed by atoms with van der Waals surface area (Å²) in [6.45, 7) is 5.04. The second kappa shape index (κ2) is 5.16. The number of amides is 1. The van der Waals surface area contributed by atoms with E-state index in [4.69, 9.17) is 9.47 Å². The summed E-state index contributed by atoms with van der Waals surface area (Å²) in [7, 11) is 1.81. The molecule has 2 saturated heterocycles. The van der Waals surface area contributed by atoms with Crippen molar-refractivity contribution in [1.29, 1.82) is 0 Å². The number of carbonyl (C=O) groups is 1. The Morgan fingerprint density at radius 3 is 2.95 bits per heavy atom. The molecule has 108 valence electrons. The number of benzene rings is 1. The lowest BCUT2D eigenvalue weighted by Crippen LogP contribution is -2.49. The number of likely N-dealkylation sites (N-methyl/N-ethyl adjacent to an activating group) is 1. The van der Waals surface area contributed by atoms with Gasteiger partial charge in [0.2, 0.25) is 0 Å². The molecule has 0 aliphatic carbocycles. The van der Waals surface area contributed by atoms with E-state index in [1.807, 2.05) is 39.1 Å². The number of nitrogens with zero attached hydrogens (tertiary/aromatic N) is 1. The van der Waals surface area contributed by atoms with Gasteiger partial charge in [-0.25, -0.2) is 0 Å². The van der Waals surface area contributed by atoms with Gasteiger partial charge < -0.3 is 14.4 Å². The maximum absolute atomic E-state index is 12.7. The highest BCUT2D eigenvalue weighted by molar-refractivity contribution is 5.96. The molecular weight excluding hydrogens is 256 g/mol. The highest BCUT2D eigenvalue weighted by Crippen LogP contribution is 2.24. The van der Waals surface area contributed by atoms with E-state index >= 15 is 0 Å². The molecule has 3 unspecified atom stereocenters. The Hall–Kier alpha value is -1.43. The number of rotatable bonds is 2. The maximum Gasteiger partial charge on any atom is 0.255 e. The first-order chi connectivity index (χ1) is 9.59. The van der Waals surface area contributed by atoms with Gasteiger partial charge in [-0.1, -0.05) is 12.1 Å². The number of nitrogens with one attached hydrogen (secondary N) is 1. The van der Waals surface area contributed by atoms with Crippen LogP contribution in [0.1, 0.15) is 21.5 Å². The molecular formula is C15H20N2O3. The van der Waals surface area contributed by atoms with Crippen molar-refractivity contribution in [3.8, 4) is 0 Å². The van der Waals surface area contributed by atoms with Crippen LogP contribution in [0, 0.1) is 13.8 Å². The second-order valence-corrected chi connectivity index (χ2v) is 5.47. The summed E-state index contributed by atoms with van der Waals surface area (Å²) in [5.74, 6) is 0.0138. The molecule has 3 rings (SSSR count). The van der Waals surface area contributed by atoms with Crippen molar-refractivity contribution in [2.24, 2.45) is 0 Å². The van der Waals surface area contributed by atoms with Gasteiger partial charge in [0.25, 0.3) is 5.91 Å². The molecule has 5 heteroatoms. The summed E-state index contributed by atoms with van der Waals surface area (Å²) in [6.07, 6.45) is -0.155. The number of aryl methyl sites for hydroxylation is 1. The number of fused-ring (bicyclic) bond motifs is 1. The van der Waals surface area contributed by atoms with Gasteiger partial charge in [-0.05, 0) is 31.0 Å². The van der Waals surface area contributed by atoms with Crippen LogP contribution < -0.4 is 5.32 Å². The number of carbonyl (C=O) groups excluding carboxylic acids is 1. The summed E-state index contributed by atoms with van der Waals surface area (Å²) in [6, 6.07) is 5.81. The Balaban J connectivity index is 1.81. The average Bonchev–Trinajstić information content (AvgIpc) is 3.03. The van der Waals surface area contributed by atoms with Gasteiger partial charge >= 0.3 is 0 Å². The van der Waals surface area contributed by atoms with Crippen molar-refractivity contribution in [3.63, 3.8) is 0 Å². The van der Waals surface area contributed by atoms with Gasteiger partial charge in [-0.2, -0.15) is 0 Å². The zero-order chi connectivity index (χ0) is 14.3. The van der Waals surface area contributed by atoms with Crippen LogP contribution >= 0.6 is 0 Å². The number of hydrogen-bond acceptors (Lipinski definition) is 4. The van der Waals surface area contributed by atoms with Crippen molar-refractivity contribution >= 4 is 5.91 Å². The summed E-state index contributed by atoms with van der Waals surface area (Å²) in [4.78, 5) is 14.4. The van der Waals surface area contributed by atoms with E-state index in [0.717, 1.165) is 23.2 Å². The molecule has 2 heterocycles. The lowest BCUT2D eigenvalue weighted by Gasteiger charge is -2.28. The molecule has 0 saturated carbocycles. The molecule has 20 heavy (non-hydrogen) atoms. The minimum atomic E-state index is -0.130. The van der Waals surface area contributed by atoms with Gasteiger partial charge in [-0.15, -0.1) is 0 Å². The Labute approximate surface area is 118 Å². The summed E-state index contributed by atoms with van der Waals surface area (Å²) < 4.78 is 11.0. The topological polar surface area (TPSA) is 50.8 Å². The number of hydrogen-bond donors (Lipinski definition) is 1. The zero-order valence-corrected chi connectivity index (χ0v) is 12.1. The van der Waals surface area contributed by atoms with E-state index in [0.29, 0.717) is 6.79 Å². The average molecular weight is 276 g/mol. The monoisotopic (exact) mass is 276 g/mol. The molecule has 0 radical (unpaired) electrons. The minimum Gasteiger partial charge on any atom is -0.348 e. The Kier molecular flexibility index (Phi) is 3.50. The Morgan fingerprint density at radius 2 is 2.15 bits per heavy atom. The molecule has 2 aliphatic rings. The van der Waals surface area contributed by atoms with E-state index in [1.54, 1.807) is 4.90 Å². The predicted octanol–water partition coefficient (Wildman–Crippen LogP) is 1.05. The molecule has 2 aliphatic heterocycles. The first-order valence-electron chi connectivity index (χ1n) is 6.89. The predicted molar refractivity (Wildman–Crippen MR) is 74.4 cm³/mol. The summed E-state index contributed by atoms with van der Waals surface area (Å²) in [5, 5.41) is 3.30. The van der Waals surface area contributed by atoms with Crippen LogP contribution in [-0.2, 0) is 9.47 Å². The molecule has 0 aromatic heterocycles. The van der Waals surface area contributed by atoms with Crippen LogP contribution in [0.5, 0.6) is 0 Å². The molecule has 1 N–H and O–H groups in total. The van der Waals surface area contributed by atoms with Gasteiger partial charge in [0.05, 0.1) is 0 Å². The zero-order valence-electron chi connectivity index (χ0n) is 12.1. The third kappa shape index (κ3) is 2.12. The first-order valence-corrected chi connectivity index (χ1v) is 6.89. The molecule has 1 aromatic rings. The maximum atomic E-state index is 12.7. The molecule has 1 aromatic carbocycles. The van der Waals surface area contributed by atoms with Crippen molar-refractivity contribution < 1.29 is 14.3 Å². The molecule has 1 amide bonds. The molecule has 3 atom stereocenters. The highest BCUT2D eigenvalue weighted by Gasteiger charge is 2.44. The molecule has 5 nitrogen and oxygen atoms in total. The fourth-order valence-electron chi connectivity index (χ4n) is 2.89. The molecule has 0 spiro atoms. The van der Waals surface area contributed by atoms with Crippen molar-refractivity contribution in [1.82, 2.24) is 10.2 Å². The van der Waals surface area contributed by atoms with Crippen molar-refractivity contribution in [2.75, 3.05) is 20.4 Å². The van der Waals surface area contributed by atoms with Crippen LogP contribution in [0.4, 0.5) is 0 Å². The van der Waals surface area contributed by atoms with Crippen LogP contribution in [0.25, 0.3) is 0 Å². The van der Waals surface area contributed by atoms with Gasteiger partial charge in [0.1, 0.15) is 25.2 Å². The quantitative estimate of drug-likeness (QED) is 0.877. The van der Waals surface area contributed by atoms with Crippen LogP contribution in [0.2, 0.25) is 0 Å². The van der Waals surface area contributed by atoms with Crippen molar-refractivity contribution in [2.45, 2.75) is 32.2 Å². The van der Waals surface area contributed by atoms with Crippen molar-refractivity contribution in [3.05, 3.63) is 34.9 Å². The van der Waals surface area contributed by atoms with E-state index in [-0.39, 0.29) is 24.3 Å². The lowest BCUT2D eigenvalue weighted by molar-refractivity contribution is 0.00422. The standard InChI is InChI=1S/C15H20N2O3/c1-9-5-4-6-11(10(9)2)15(18)17(3)14-13-12(7-16-14)19-8-20-13/h4-6,12-14,16H,7-8H2,1-3H3. The third-order valence-corrected chi connectivity index (χ3v) is 4.32. The smallest absolute Gasteiger partial charge is 0.255 e. The van der Waals surface area contributed by atoms with Gasteiger partial charge in [0.15, 0.2) is 0 Å². The van der Waals surface area contributed by atoms with Crippen LogP contribution in [0.15, 0.2) is 18.2 Å². The lowest BCUT2D eigenvalue weighted by atomic mass is 10.0. The van der Waals surface area contributed by atoms with Crippen LogP contribution in [-0.4, -0.2) is 49.6 Å². The van der Waals surface area contributed by atoms with Gasteiger partial charge in [0, 0.05) is 19.2 Å². The Morgan fingerprint density at radius 1 is 1.35 bits per heavy atom. The SMILES string of the molecule is Cc1cccc(C(=O)N(C)C2NCC3OCOC32)c1C. The Bertz CT molecular complexity index is 532. The minimum absolute atomic E-state index is 0.0138. The summed E-state index contributed by atoms with van der Waals surface area (Å²) in [5.41, 5.74) is 2.90. The fraction of sp³-hybridized carbons (Fsp3) is 0.533. The second-order valence-electron chi connectivity index (χ2n) is 5.47. The molecule has 0 bridgehead atoms. The van der Waals surface area contributed by atoms with Gasteiger partial charge in [-0.3, -0.25) is 10.1 Å². The largest absolute Gasteiger partial charge is 0.348 e. The normalized spacial score (nSPS) is 28.4. The fourth-order valence-corrected chi connectivity index (χ4v) is 2.89. The number of ether oxygens (including phenoxy) is 2. The summed E-state index contributed by atoms with van der Waals surface area (Å²) >= 11 is 0. The third-order valence-electron chi connectivity index (χ3n) is 4.32. The van der Waals surface area contributed by atoms with E-state index in [1.165, 1.54) is 0 Å². The molecule has 2 fully saturated rings. The van der Waals surface area contributed by atoms with E-state index in [9.17, 15) is 4.79 Å². The first kappa shape index (κ1) is 13.5.